The van der Waals surface area contributed by atoms with E-state index in [9.17, 15) is 0 Å². The number of rotatable bonds is 4. The van der Waals surface area contributed by atoms with Crippen molar-refractivity contribution in [1.82, 2.24) is 5.32 Å². The Kier molecular flexibility index (Phi) is 3.82. The summed E-state index contributed by atoms with van der Waals surface area (Å²) >= 11 is 1.79. The number of hydrogen-bond donors (Lipinski definition) is 1. The average molecular weight is 247 g/mol. The predicted octanol–water partition coefficient (Wildman–Crippen LogP) is 3.37. The van der Waals surface area contributed by atoms with Crippen LogP contribution in [0.3, 0.4) is 0 Å². The van der Waals surface area contributed by atoms with Crippen molar-refractivity contribution in [1.29, 1.82) is 0 Å². The van der Waals surface area contributed by atoms with Gasteiger partial charge in [-0.25, -0.2) is 0 Å². The van der Waals surface area contributed by atoms with Crippen molar-refractivity contribution in [3.63, 3.8) is 0 Å². The first-order valence-electron chi connectivity index (χ1n) is 5.61. The molecular formula is C14H17NOS. The normalized spacial score (nSPS) is 12.4. The molecule has 0 fully saturated rings. The summed E-state index contributed by atoms with van der Waals surface area (Å²) in [6.45, 7) is 2.16. The van der Waals surface area contributed by atoms with Crippen molar-refractivity contribution >= 4 is 11.3 Å². The topological polar surface area (TPSA) is 21.3 Å². The molecule has 3 heteroatoms. The molecule has 1 unspecified atom stereocenters. The van der Waals surface area contributed by atoms with Crippen molar-refractivity contribution in [2.75, 3.05) is 14.2 Å². The van der Waals surface area contributed by atoms with Crippen LogP contribution in [0.2, 0.25) is 0 Å². The molecule has 2 nitrogen and oxygen atoms in total. The summed E-state index contributed by atoms with van der Waals surface area (Å²) in [5.74, 6) is 0.894. The van der Waals surface area contributed by atoms with Crippen LogP contribution in [-0.2, 0) is 0 Å². The van der Waals surface area contributed by atoms with E-state index in [4.69, 9.17) is 4.74 Å². The van der Waals surface area contributed by atoms with E-state index in [2.05, 4.69) is 35.8 Å². The fourth-order valence-electron chi connectivity index (χ4n) is 1.99. The van der Waals surface area contributed by atoms with Crippen LogP contribution in [0.25, 0.3) is 0 Å². The number of thiophene rings is 1. The van der Waals surface area contributed by atoms with Crippen LogP contribution >= 0.6 is 11.3 Å². The van der Waals surface area contributed by atoms with E-state index >= 15 is 0 Å². The molecule has 90 valence electrons. The Hall–Kier alpha value is -1.32. The summed E-state index contributed by atoms with van der Waals surface area (Å²) in [5.41, 5.74) is 2.61. The minimum atomic E-state index is 0.257. The fourth-order valence-corrected chi connectivity index (χ4v) is 2.73. The molecule has 1 aromatic heterocycles. The molecule has 1 heterocycles. The molecule has 2 rings (SSSR count). The number of methoxy groups -OCH3 is 1. The molecule has 1 aromatic carbocycles. The maximum absolute atomic E-state index is 5.18. The number of ether oxygens (including phenoxy) is 1. The highest BCUT2D eigenvalue weighted by Crippen LogP contribution is 2.28. The number of nitrogens with one attached hydrogen (secondary N) is 1. The first-order chi connectivity index (χ1) is 8.26. The van der Waals surface area contributed by atoms with Crippen LogP contribution in [0.4, 0.5) is 0 Å². The summed E-state index contributed by atoms with van der Waals surface area (Å²) in [5, 5.41) is 5.50. The van der Waals surface area contributed by atoms with Gasteiger partial charge >= 0.3 is 0 Å². The fraction of sp³-hybridized carbons (Fsp3) is 0.286. The lowest BCUT2D eigenvalue weighted by Crippen LogP contribution is -2.17. The standard InChI is InChI=1S/C14H17NOS/c1-10-13(8-9-17-10)14(15-2)11-4-6-12(16-3)7-5-11/h4-9,14-15H,1-3H3. The van der Waals surface area contributed by atoms with Gasteiger partial charge in [0.2, 0.25) is 0 Å². The molecule has 0 spiro atoms. The smallest absolute Gasteiger partial charge is 0.118 e. The van der Waals surface area contributed by atoms with Gasteiger partial charge in [-0.05, 0) is 48.7 Å². The number of hydrogen-bond acceptors (Lipinski definition) is 3. The van der Waals surface area contributed by atoms with Gasteiger partial charge in [0, 0.05) is 4.88 Å². The zero-order chi connectivity index (χ0) is 12.3. The highest BCUT2D eigenvalue weighted by Gasteiger charge is 2.14. The van der Waals surface area contributed by atoms with Gasteiger partial charge in [0.15, 0.2) is 0 Å². The second-order valence-electron chi connectivity index (χ2n) is 3.93. The van der Waals surface area contributed by atoms with Gasteiger partial charge in [-0.2, -0.15) is 0 Å². The van der Waals surface area contributed by atoms with Crippen molar-refractivity contribution in [2.24, 2.45) is 0 Å². The van der Waals surface area contributed by atoms with Gasteiger partial charge in [-0.15, -0.1) is 11.3 Å². The maximum Gasteiger partial charge on any atom is 0.118 e. The molecule has 1 atom stereocenters. The zero-order valence-corrected chi connectivity index (χ0v) is 11.2. The molecule has 0 aliphatic rings. The van der Waals surface area contributed by atoms with E-state index in [0.29, 0.717) is 0 Å². The third kappa shape index (κ3) is 2.51. The highest BCUT2D eigenvalue weighted by molar-refractivity contribution is 7.10. The minimum Gasteiger partial charge on any atom is -0.497 e. The van der Waals surface area contributed by atoms with Gasteiger partial charge in [0.1, 0.15) is 5.75 Å². The van der Waals surface area contributed by atoms with Crippen LogP contribution in [0.5, 0.6) is 5.75 Å². The Morgan fingerprint density at radius 2 is 1.88 bits per heavy atom. The van der Waals surface area contributed by atoms with Crippen molar-refractivity contribution in [3.8, 4) is 5.75 Å². The molecule has 0 saturated carbocycles. The van der Waals surface area contributed by atoms with Gasteiger partial charge in [-0.1, -0.05) is 12.1 Å². The van der Waals surface area contributed by atoms with Gasteiger partial charge < -0.3 is 10.1 Å². The van der Waals surface area contributed by atoms with Crippen molar-refractivity contribution < 1.29 is 4.74 Å². The van der Waals surface area contributed by atoms with Crippen LogP contribution < -0.4 is 10.1 Å². The first kappa shape index (κ1) is 12.1. The maximum atomic E-state index is 5.18. The van der Waals surface area contributed by atoms with Gasteiger partial charge in [0.05, 0.1) is 13.2 Å². The average Bonchev–Trinajstić information content (AvgIpc) is 2.78. The molecule has 2 aromatic rings. The lowest BCUT2D eigenvalue weighted by atomic mass is 9.99. The summed E-state index contributed by atoms with van der Waals surface area (Å²) in [6.07, 6.45) is 0. The Labute approximate surface area is 106 Å². The van der Waals surface area contributed by atoms with Crippen LogP contribution in [0.1, 0.15) is 22.0 Å². The van der Waals surface area contributed by atoms with E-state index in [0.717, 1.165) is 5.75 Å². The Morgan fingerprint density at radius 3 is 2.35 bits per heavy atom. The predicted molar refractivity (Wildman–Crippen MR) is 73.0 cm³/mol. The summed E-state index contributed by atoms with van der Waals surface area (Å²) < 4.78 is 5.18. The van der Waals surface area contributed by atoms with Crippen LogP contribution in [0, 0.1) is 6.92 Å². The molecule has 0 bridgehead atoms. The second-order valence-corrected chi connectivity index (χ2v) is 5.05. The zero-order valence-electron chi connectivity index (χ0n) is 10.4. The summed E-state index contributed by atoms with van der Waals surface area (Å²) in [7, 11) is 3.68. The van der Waals surface area contributed by atoms with E-state index in [-0.39, 0.29) is 6.04 Å². The second kappa shape index (κ2) is 5.34. The monoisotopic (exact) mass is 247 g/mol. The molecule has 0 aliphatic heterocycles. The van der Waals surface area contributed by atoms with E-state index < -0.39 is 0 Å². The summed E-state index contributed by atoms with van der Waals surface area (Å²) in [4.78, 5) is 1.36. The Morgan fingerprint density at radius 1 is 1.18 bits per heavy atom. The quantitative estimate of drug-likeness (QED) is 0.894. The third-order valence-corrected chi connectivity index (χ3v) is 3.81. The van der Waals surface area contributed by atoms with E-state index in [1.54, 1.807) is 18.4 Å². The van der Waals surface area contributed by atoms with Gasteiger partial charge in [0.25, 0.3) is 0 Å². The molecule has 0 amide bonds. The lowest BCUT2D eigenvalue weighted by molar-refractivity contribution is 0.414. The van der Waals surface area contributed by atoms with E-state index in [1.165, 1.54) is 16.0 Å². The molecule has 1 N–H and O–H groups in total. The minimum absolute atomic E-state index is 0.257. The van der Waals surface area contributed by atoms with Crippen LogP contribution in [-0.4, -0.2) is 14.2 Å². The molecule has 0 aliphatic carbocycles. The van der Waals surface area contributed by atoms with E-state index in [1.807, 2.05) is 19.2 Å². The molecule has 17 heavy (non-hydrogen) atoms. The highest BCUT2D eigenvalue weighted by atomic mass is 32.1. The van der Waals surface area contributed by atoms with Crippen LogP contribution in [0.15, 0.2) is 35.7 Å². The molecular weight excluding hydrogens is 230 g/mol. The number of aryl methyl sites for hydroxylation is 1. The molecule has 0 saturated heterocycles. The Bertz CT molecular complexity index is 475. The van der Waals surface area contributed by atoms with Crippen molar-refractivity contribution in [2.45, 2.75) is 13.0 Å². The SMILES string of the molecule is CNC(c1ccc(OC)cc1)c1ccsc1C. The first-order valence-corrected chi connectivity index (χ1v) is 6.49. The summed E-state index contributed by atoms with van der Waals surface area (Å²) in [6, 6.07) is 10.7. The lowest BCUT2D eigenvalue weighted by Gasteiger charge is -2.17. The number of benzene rings is 1. The Balaban J connectivity index is 2.32. The third-order valence-electron chi connectivity index (χ3n) is 2.95. The largest absolute Gasteiger partial charge is 0.497 e. The molecule has 0 radical (unpaired) electrons. The van der Waals surface area contributed by atoms with Gasteiger partial charge in [-0.3, -0.25) is 0 Å². The van der Waals surface area contributed by atoms with Crippen molar-refractivity contribution in [3.05, 3.63) is 51.7 Å².